The zero-order chi connectivity index (χ0) is 14.7. The lowest BCUT2D eigenvalue weighted by Crippen LogP contribution is -2.27. The highest BCUT2D eigenvalue weighted by Crippen LogP contribution is 2.12. The first-order valence-corrected chi connectivity index (χ1v) is 6.39. The first-order chi connectivity index (χ1) is 9.45. The monoisotopic (exact) mass is 277 g/mol. The Labute approximate surface area is 117 Å². The summed E-state index contributed by atoms with van der Waals surface area (Å²) in [5.41, 5.74) is 0. The molecule has 1 unspecified atom stereocenters. The van der Waals surface area contributed by atoms with Crippen LogP contribution in [0.4, 0.5) is 0 Å². The number of amides is 1. The van der Waals surface area contributed by atoms with Crippen LogP contribution in [0.15, 0.2) is 16.5 Å². The molecule has 0 saturated heterocycles. The van der Waals surface area contributed by atoms with Gasteiger partial charge in [0.25, 0.3) is 5.91 Å². The van der Waals surface area contributed by atoms with Crippen molar-refractivity contribution in [2.75, 3.05) is 14.1 Å². The molecule has 0 aliphatic rings. The lowest BCUT2D eigenvalue weighted by Gasteiger charge is -2.09. The average molecular weight is 277 g/mol. The molecule has 2 heterocycles. The number of rotatable bonds is 5. The van der Waals surface area contributed by atoms with Crippen molar-refractivity contribution in [3.8, 4) is 0 Å². The van der Waals surface area contributed by atoms with Gasteiger partial charge in [-0.15, -0.1) is 0 Å². The molecule has 7 heteroatoms. The zero-order valence-electron chi connectivity index (χ0n) is 12.1. The smallest absolute Gasteiger partial charge is 0.287 e. The van der Waals surface area contributed by atoms with Gasteiger partial charge in [0, 0.05) is 0 Å². The van der Waals surface area contributed by atoms with E-state index >= 15 is 0 Å². The number of aromatic amines is 1. The molecule has 0 aromatic carbocycles. The number of furan rings is 1. The van der Waals surface area contributed by atoms with Crippen molar-refractivity contribution in [1.82, 2.24) is 25.4 Å². The van der Waals surface area contributed by atoms with E-state index in [0.29, 0.717) is 24.0 Å². The third kappa shape index (κ3) is 3.45. The Hall–Kier alpha value is -2.15. The van der Waals surface area contributed by atoms with Crippen LogP contribution in [0.2, 0.25) is 0 Å². The van der Waals surface area contributed by atoms with E-state index < -0.39 is 0 Å². The summed E-state index contributed by atoms with van der Waals surface area (Å²) >= 11 is 0. The van der Waals surface area contributed by atoms with Crippen LogP contribution in [0, 0.1) is 6.92 Å². The molecule has 0 aliphatic heterocycles. The first-order valence-electron chi connectivity index (χ1n) is 6.39. The lowest BCUT2D eigenvalue weighted by atomic mass is 10.3. The van der Waals surface area contributed by atoms with Crippen molar-refractivity contribution < 1.29 is 9.21 Å². The van der Waals surface area contributed by atoms with E-state index in [2.05, 4.69) is 20.5 Å². The molecule has 1 atom stereocenters. The van der Waals surface area contributed by atoms with Crippen LogP contribution in [-0.2, 0) is 6.54 Å². The van der Waals surface area contributed by atoms with E-state index in [9.17, 15) is 4.79 Å². The third-order valence-corrected chi connectivity index (χ3v) is 2.71. The van der Waals surface area contributed by atoms with Crippen LogP contribution >= 0.6 is 0 Å². The van der Waals surface area contributed by atoms with Crippen LogP contribution in [0.25, 0.3) is 0 Å². The molecule has 0 spiro atoms. The molecule has 0 radical (unpaired) electrons. The minimum atomic E-state index is -0.283. The van der Waals surface area contributed by atoms with Crippen LogP contribution in [0.5, 0.6) is 0 Å². The van der Waals surface area contributed by atoms with E-state index in [1.807, 2.05) is 32.8 Å². The Morgan fingerprint density at radius 2 is 2.25 bits per heavy atom. The predicted octanol–water partition coefficient (Wildman–Crippen LogP) is 1.26. The summed E-state index contributed by atoms with van der Waals surface area (Å²) in [6.07, 6.45) is 0. The lowest BCUT2D eigenvalue weighted by molar-refractivity contribution is 0.0907. The van der Waals surface area contributed by atoms with Gasteiger partial charge in [-0.2, -0.15) is 5.10 Å². The maximum absolute atomic E-state index is 12.1. The van der Waals surface area contributed by atoms with Gasteiger partial charge >= 0.3 is 0 Å². The largest absolute Gasteiger partial charge is 0.455 e. The highest BCUT2D eigenvalue weighted by atomic mass is 16.4. The SMILES string of the molecule is Cc1nc(C(C)NC(=O)c2ccc(CN(C)C)o2)n[nH]1. The van der Waals surface area contributed by atoms with Crippen molar-refractivity contribution in [2.24, 2.45) is 0 Å². The highest BCUT2D eigenvalue weighted by Gasteiger charge is 2.17. The van der Waals surface area contributed by atoms with E-state index in [0.717, 1.165) is 5.76 Å². The molecular weight excluding hydrogens is 258 g/mol. The van der Waals surface area contributed by atoms with Crippen LogP contribution < -0.4 is 5.32 Å². The standard InChI is InChI=1S/C13H19N5O2/c1-8(12-15-9(2)16-17-12)14-13(19)11-6-5-10(20-11)7-18(3)4/h5-6,8H,7H2,1-4H3,(H,14,19)(H,15,16,17). The van der Waals surface area contributed by atoms with Gasteiger partial charge in [-0.3, -0.25) is 9.89 Å². The number of nitrogens with zero attached hydrogens (tertiary/aromatic N) is 3. The van der Waals surface area contributed by atoms with Gasteiger partial charge in [-0.05, 0) is 40.1 Å². The van der Waals surface area contributed by atoms with Gasteiger partial charge in [0.05, 0.1) is 12.6 Å². The van der Waals surface area contributed by atoms with Crippen LogP contribution in [0.1, 0.15) is 40.9 Å². The molecule has 2 rings (SSSR count). The van der Waals surface area contributed by atoms with E-state index in [1.54, 1.807) is 12.1 Å². The molecule has 0 bridgehead atoms. The summed E-state index contributed by atoms with van der Waals surface area (Å²) < 4.78 is 5.50. The minimum absolute atomic E-state index is 0.273. The Bertz CT molecular complexity index is 587. The molecule has 0 fully saturated rings. The number of hydrogen-bond acceptors (Lipinski definition) is 5. The number of nitrogens with one attached hydrogen (secondary N) is 2. The average Bonchev–Trinajstić information content (AvgIpc) is 2.97. The van der Waals surface area contributed by atoms with Crippen molar-refractivity contribution in [3.63, 3.8) is 0 Å². The predicted molar refractivity (Wildman–Crippen MR) is 73.1 cm³/mol. The fourth-order valence-electron chi connectivity index (χ4n) is 1.78. The number of H-pyrrole nitrogens is 1. The molecule has 7 nitrogen and oxygen atoms in total. The summed E-state index contributed by atoms with van der Waals surface area (Å²) in [6.45, 7) is 4.29. The van der Waals surface area contributed by atoms with Crippen molar-refractivity contribution in [2.45, 2.75) is 26.4 Å². The van der Waals surface area contributed by atoms with Crippen molar-refractivity contribution >= 4 is 5.91 Å². The summed E-state index contributed by atoms with van der Waals surface area (Å²) in [4.78, 5) is 18.2. The van der Waals surface area contributed by atoms with Gasteiger partial charge in [-0.1, -0.05) is 0 Å². The minimum Gasteiger partial charge on any atom is -0.455 e. The van der Waals surface area contributed by atoms with Gasteiger partial charge in [0.2, 0.25) is 0 Å². The molecule has 20 heavy (non-hydrogen) atoms. The topological polar surface area (TPSA) is 87.1 Å². The van der Waals surface area contributed by atoms with Gasteiger partial charge in [0.1, 0.15) is 11.6 Å². The van der Waals surface area contributed by atoms with E-state index in [1.165, 1.54) is 0 Å². The Morgan fingerprint density at radius 1 is 1.50 bits per heavy atom. The summed E-state index contributed by atoms with van der Waals surface area (Å²) in [6, 6.07) is 3.19. The van der Waals surface area contributed by atoms with Crippen LogP contribution in [0.3, 0.4) is 0 Å². The molecule has 2 N–H and O–H groups in total. The first kappa shape index (κ1) is 14.3. The second-order valence-electron chi connectivity index (χ2n) is 4.98. The van der Waals surface area contributed by atoms with Crippen molar-refractivity contribution in [3.05, 3.63) is 35.3 Å². The molecule has 2 aromatic heterocycles. The number of aromatic nitrogens is 3. The van der Waals surface area contributed by atoms with Crippen molar-refractivity contribution in [1.29, 1.82) is 0 Å². The number of aryl methyl sites for hydroxylation is 1. The number of carbonyl (C=O) groups excluding carboxylic acids is 1. The highest BCUT2D eigenvalue weighted by molar-refractivity contribution is 5.91. The van der Waals surface area contributed by atoms with E-state index in [4.69, 9.17) is 4.42 Å². The Morgan fingerprint density at radius 3 is 2.85 bits per heavy atom. The Balaban J connectivity index is 1.99. The summed E-state index contributed by atoms with van der Waals surface area (Å²) in [5, 5.41) is 9.57. The fourth-order valence-corrected chi connectivity index (χ4v) is 1.78. The Kier molecular flexibility index (Phi) is 4.19. The maximum Gasteiger partial charge on any atom is 0.287 e. The van der Waals surface area contributed by atoms with Crippen LogP contribution in [-0.4, -0.2) is 40.1 Å². The second kappa shape index (κ2) is 5.87. The molecule has 0 aliphatic carbocycles. The molecule has 2 aromatic rings. The molecule has 1 amide bonds. The fraction of sp³-hybridized carbons (Fsp3) is 0.462. The number of carbonyl (C=O) groups is 1. The van der Waals surface area contributed by atoms with E-state index in [-0.39, 0.29) is 11.9 Å². The zero-order valence-corrected chi connectivity index (χ0v) is 12.1. The normalized spacial score (nSPS) is 12.7. The molecule has 0 saturated carbocycles. The third-order valence-electron chi connectivity index (χ3n) is 2.71. The van der Waals surface area contributed by atoms with Gasteiger partial charge in [0.15, 0.2) is 11.6 Å². The summed E-state index contributed by atoms with van der Waals surface area (Å²) in [7, 11) is 3.88. The summed E-state index contributed by atoms with van der Waals surface area (Å²) in [5.74, 6) is 2.04. The second-order valence-corrected chi connectivity index (χ2v) is 4.98. The molecular formula is C13H19N5O2. The van der Waals surface area contributed by atoms with Gasteiger partial charge < -0.3 is 14.6 Å². The maximum atomic E-state index is 12.1. The molecule has 108 valence electrons. The van der Waals surface area contributed by atoms with Gasteiger partial charge in [-0.25, -0.2) is 4.98 Å². The quantitative estimate of drug-likeness (QED) is 0.859. The number of hydrogen-bond donors (Lipinski definition) is 2.